The molecule has 4 aliphatic carbocycles. The average Bonchev–Trinajstić information content (AvgIpc) is 3.02. The predicted molar refractivity (Wildman–Crippen MR) is 111 cm³/mol. The molecular formula is C21H32F2O5S2. The second-order valence-electron chi connectivity index (χ2n) is 10.4. The van der Waals surface area contributed by atoms with Crippen LogP contribution in [0, 0.1) is 40.9 Å². The molecule has 0 heterocycles. The van der Waals surface area contributed by atoms with E-state index < -0.39 is 21.2 Å². The second-order valence-corrected chi connectivity index (χ2v) is 13.8. The van der Waals surface area contributed by atoms with Crippen molar-refractivity contribution in [3.63, 3.8) is 0 Å². The number of hydrogen-bond donors (Lipinski definition) is 2. The number of carbonyl (C=O) groups is 1. The van der Waals surface area contributed by atoms with Gasteiger partial charge in [-0.1, -0.05) is 6.92 Å². The molecule has 4 aliphatic rings. The van der Waals surface area contributed by atoms with Crippen molar-refractivity contribution < 1.29 is 31.7 Å². The predicted octanol–water partition coefficient (Wildman–Crippen LogP) is 4.36. The first-order valence-corrected chi connectivity index (χ1v) is 14.0. The zero-order chi connectivity index (χ0) is 21.9. The first-order chi connectivity index (χ1) is 13.9. The molecule has 0 aromatic carbocycles. The van der Waals surface area contributed by atoms with Crippen molar-refractivity contribution in [3.8, 4) is 0 Å². The molecule has 0 aromatic heterocycles. The lowest BCUT2D eigenvalue weighted by atomic mass is 9.49. The first-order valence-electron chi connectivity index (χ1n) is 11.1. The molecule has 5 nitrogen and oxygen atoms in total. The van der Waals surface area contributed by atoms with Gasteiger partial charge in [-0.05, 0) is 92.8 Å². The number of alkyl halides is 2. The number of hydrogen-bond acceptors (Lipinski definition) is 5. The molecule has 4 saturated carbocycles. The zero-order valence-electron chi connectivity index (χ0n) is 17.3. The Bertz CT molecular complexity index is 790. The molecule has 0 saturated heterocycles. The first kappa shape index (κ1) is 22.9. The van der Waals surface area contributed by atoms with Gasteiger partial charge in [0.2, 0.25) is 0 Å². The van der Waals surface area contributed by atoms with Gasteiger partial charge in [-0.15, -0.1) is 0 Å². The van der Waals surface area contributed by atoms with Crippen LogP contribution in [0.25, 0.3) is 0 Å². The van der Waals surface area contributed by atoms with E-state index in [2.05, 4.69) is 6.92 Å². The lowest BCUT2D eigenvalue weighted by Crippen LogP contribution is -2.53. The van der Waals surface area contributed by atoms with Crippen molar-refractivity contribution in [1.82, 2.24) is 0 Å². The summed E-state index contributed by atoms with van der Waals surface area (Å²) in [6.07, 6.45) is 3.75. The van der Waals surface area contributed by atoms with Crippen LogP contribution in [0.4, 0.5) is 8.78 Å². The van der Waals surface area contributed by atoms with Crippen LogP contribution in [0.2, 0.25) is 0 Å². The highest BCUT2D eigenvalue weighted by Crippen LogP contribution is 2.65. The van der Waals surface area contributed by atoms with E-state index in [1.54, 1.807) is 0 Å². The molecule has 0 aliphatic heterocycles. The number of fused-ring (bicyclic) bond motifs is 5. The van der Waals surface area contributed by atoms with E-state index in [-0.39, 0.29) is 41.6 Å². The number of carbonyl (C=O) groups excluding carboxylic acids is 1. The fourth-order valence-corrected chi connectivity index (χ4v) is 9.13. The molecule has 2 N–H and O–H groups in total. The van der Waals surface area contributed by atoms with Crippen molar-refractivity contribution in [3.05, 3.63) is 0 Å². The molecular weight excluding hydrogens is 434 g/mol. The summed E-state index contributed by atoms with van der Waals surface area (Å²) in [5.74, 6) is 1.43. The van der Waals surface area contributed by atoms with Crippen LogP contribution >= 0.6 is 10.8 Å². The van der Waals surface area contributed by atoms with Crippen molar-refractivity contribution in [1.29, 1.82) is 0 Å². The molecule has 4 fully saturated rings. The Balaban J connectivity index is 1.46. The van der Waals surface area contributed by atoms with Gasteiger partial charge in [0.05, 0.1) is 5.75 Å². The minimum atomic E-state index is -4.22. The quantitative estimate of drug-likeness (QED) is 0.462. The monoisotopic (exact) mass is 466 g/mol. The van der Waals surface area contributed by atoms with Crippen LogP contribution < -0.4 is 0 Å². The van der Waals surface area contributed by atoms with Crippen LogP contribution in [-0.4, -0.2) is 41.6 Å². The smallest absolute Gasteiger partial charge is 0.320 e. The summed E-state index contributed by atoms with van der Waals surface area (Å²) in [6, 6.07) is 0. The Morgan fingerprint density at radius 3 is 2.43 bits per heavy atom. The highest BCUT2D eigenvalue weighted by Gasteiger charge is 2.59. The van der Waals surface area contributed by atoms with Gasteiger partial charge in [0, 0.05) is 16.7 Å². The summed E-state index contributed by atoms with van der Waals surface area (Å²) in [4.78, 5) is 12.8. The molecule has 0 spiro atoms. The van der Waals surface area contributed by atoms with Gasteiger partial charge in [-0.2, -0.15) is 8.42 Å². The van der Waals surface area contributed by atoms with E-state index in [1.165, 1.54) is 0 Å². The van der Waals surface area contributed by atoms with Crippen LogP contribution in [0.3, 0.4) is 0 Å². The van der Waals surface area contributed by atoms with Crippen molar-refractivity contribution >= 4 is 25.7 Å². The van der Waals surface area contributed by atoms with Crippen LogP contribution in [-0.2, 0) is 13.9 Å². The molecule has 0 radical (unpaired) electrons. The van der Waals surface area contributed by atoms with Crippen molar-refractivity contribution in [2.75, 3.05) is 5.75 Å². The fourth-order valence-electron chi connectivity index (χ4n) is 7.87. The van der Waals surface area contributed by atoms with E-state index in [9.17, 15) is 27.1 Å². The Morgan fingerprint density at radius 1 is 1.07 bits per heavy atom. The summed E-state index contributed by atoms with van der Waals surface area (Å²) in [5.41, 5.74) is -1.98. The maximum atomic E-state index is 13.3. The van der Waals surface area contributed by atoms with Crippen molar-refractivity contribution in [2.45, 2.75) is 76.7 Å². The van der Waals surface area contributed by atoms with Gasteiger partial charge < -0.3 is 5.11 Å². The highest BCUT2D eigenvalue weighted by atomic mass is 33.1. The van der Waals surface area contributed by atoms with E-state index in [0.717, 1.165) is 38.5 Å². The number of Topliss-reactive ketones (excluding diaryl/α,β-unsaturated/α-hetero) is 1. The molecule has 0 unspecified atom stereocenters. The van der Waals surface area contributed by atoms with Crippen LogP contribution in [0.5, 0.6) is 0 Å². The van der Waals surface area contributed by atoms with Crippen molar-refractivity contribution in [2.24, 2.45) is 40.9 Å². The Kier molecular flexibility index (Phi) is 6.08. The lowest BCUT2D eigenvalue weighted by Gasteiger charge is -2.57. The summed E-state index contributed by atoms with van der Waals surface area (Å²) in [6.45, 7) is 2.17. The SMILES string of the molecule is C[C@]12CC[C@H]3[C@@H](CC[C@@H]4C[C@@](O)(C(F)F)CC[C@@H]43)[C@@H]1CC[C@@H]2C(=O)CSS(=O)(=O)O. The number of ketones is 1. The third-order valence-corrected chi connectivity index (χ3v) is 11.1. The standard InChI is InChI=1S/C21H32F2O5S2/c1-20-8-6-14-13-7-9-21(25,19(22)23)10-12(13)2-3-15(14)16(20)4-5-17(20)18(24)11-29-30(26,27)28/h12-17,19,25H,2-11H2,1H3,(H,26,27,28)/t12-,13+,14-,15-,16+,17-,20+,21-/m1/s1. The summed E-state index contributed by atoms with van der Waals surface area (Å²) in [7, 11) is -3.92. The molecule has 0 bridgehead atoms. The van der Waals surface area contributed by atoms with Gasteiger partial charge in [-0.25, -0.2) is 8.78 Å². The largest absolute Gasteiger partial charge is 0.384 e. The van der Waals surface area contributed by atoms with E-state index in [1.807, 2.05) is 0 Å². The minimum Gasteiger partial charge on any atom is -0.384 e. The maximum absolute atomic E-state index is 13.3. The molecule has 8 atom stereocenters. The fraction of sp³-hybridized carbons (Fsp3) is 0.952. The van der Waals surface area contributed by atoms with Crippen LogP contribution in [0.15, 0.2) is 0 Å². The Morgan fingerprint density at radius 2 is 1.77 bits per heavy atom. The van der Waals surface area contributed by atoms with Gasteiger partial charge in [0.25, 0.3) is 6.43 Å². The highest BCUT2D eigenvalue weighted by molar-refractivity contribution is 8.70. The summed E-state index contributed by atoms with van der Waals surface area (Å²) in [5, 5.41) is 10.3. The van der Waals surface area contributed by atoms with E-state index in [4.69, 9.17) is 4.55 Å². The summed E-state index contributed by atoms with van der Waals surface area (Å²) >= 11 is 0. The van der Waals surface area contributed by atoms with E-state index in [0.29, 0.717) is 40.9 Å². The minimum absolute atomic E-state index is 0.0885. The topological polar surface area (TPSA) is 91.7 Å². The Labute approximate surface area is 180 Å². The van der Waals surface area contributed by atoms with Gasteiger partial charge in [-0.3, -0.25) is 9.35 Å². The molecule has 172 valence electrons. The maximum Gasteiger partial charge on any atom is 0.320 e. The second kappa shape index (κ2) is 7.96. The van der Waals surface area contributed by atoms with Gasteiger partial charge in [0.1, 0.15) is 11.4 Å². The number of halogens is 2. The molecule has 4 rings (SSSR count). The Hall–Kier alpha value is -0.250. The van der Waals surface area contributed by atoms with Crippen LogP contribution in [0.1, 0.15) is 64.7 Å². The molecule has 30 heavy (non-hydrogen) atoms. The molecule has 0 aromatic rings. The zero-order valence-corrected chi connectivity index (χ0v) is 18.9. The normalized spacial score (nSPS) is 46.2. The number of aliphatic hydroxyl groups is 1. The summed E-state index contributed by atoms with van der Waals surface area (Å²) < 4.78 is 57.7. The molecule has 0 amide bonds. The number of rotatable bonds is 5. The molecule has 9 heteroatoms. The third kappa shape index (κ3) is 3.97. The lowest BCUT2D eigenvalue weighted by molar-refractivity contribution is -0.160. The average molecular weight is 467 g/mol. The van der Waals surface area contributed by atoms with Gasteiger partial charge >= 0.3 is 9.15 Å². The van der Waals surface area contributed by atoms with E-state index >= 15 is 0 Å². The third-order valence-electron chi connectivity index (χ3n) is 9.19. The van der Waals surface area contributed by atoms with Gasteiger partial charge in [0.15, 0.2) is 0 Å².